The Morgan fingerprint density at radius 1 is 1.15 bits per heavy atom. The molecule has 0 aliphatic carbocycles. The van der Waals surface area contributed by atoms with Crippen molar-refractivity contribution in [2.75, 3.05) is 12.9 Å². The van der Waals surface area contributed by atoms with Crippen LogP contribution in [0, 0.1) is 0 Å². The Bertz CT molecular complexity index is 741. The minimum Gasteiger partial charge on any atom is -0.496 e. The molecule has 2 N–H and O–H groups in total. The standard InChI is InChI=1S/C19H21ClN2O3S/c1-25-17-8-7-16(20)11-15(17)13-26-10-9-18(23)22-19(24)21-12-14-5-3-2-4-6-14/h2-8,11H,9-10,12-13H2,1H3,(H2,21,22,23,24). The van der Waals surface area contributed by atoms with Crippen molar-refractivity contribution in [1.29, 1.82) is 0 Å². The quantitative estimate of drug-likeness (QED) is 0.666. The number of urea groups is 1. The molecule has 2 aromatic rings. The Morgan fingerprint density at radius 3 is 2.65 bits per heavy atom. The number of ether oxygens (including phenoxy) is 1. The molecule has 0 unspecified atom stereocenters. The van der Waals surface area contributed by atoms with E-state index >= 15 is 0 Å². The van der Waals surface area contributed by atoms with Gasteiger partial charge in [-0.2, -0.15) is 11.8 Å². The average molecular weight is 393 g/mol. The second-order valence-electron chi connectivity index (χ2n) is 5.48. The summed E-state index contributed by atoms with van der Waals surface area (Å²) in [5.74, 6) is 1.73. The lowest BCUT2D eigenvalue weighted by Gasteiger charge is -2.09. The van der Waals surface area contributed by atoms with Crippen molar-refractivity contribution in [3.05, 3.63) is 64.7 Å². The number of benzene rings is 2. The molecule has 0 aliphatic rings. The number of halogens is 1. The van der Waals surface area contributed by atoms with E-state index in [0.717, 1.165) is 16.9 Å². The summed E-state index contributed by atoms with van der Waals surface area (Å²) in [7, 11) is 1.61. The highest BCUT2D eigenvalue weighted by Crippen LogP contribution is 2.26. The summed E-state index contributed by atoms with van der Waals surface area (Å²) in [6, 6.07) is 14.5. The fourth-order valence-corrected chi connectivity index (χ4v) is 3.33. The van der Waals surface area contributed by atoms with Gasteiger partial charge in [0.25, 0.3) is 0 Å². The highest BCUT2D eigenvalue weighted by Gasteiger charge is 2.08. The van der Waals surface area contributed by atoms with E-state index < -0.39 is 6.03 Å². The molecule has 2 rings (SSSR count). The van der Waals surface area contributed by atoms with Gasteiger partial charge in [-0.05, 0) is 23.8 Å². The van der Waals surface area contributed by atoms with E-state index in [1.165, 1.54) is 0 Å². The summed E-state index contributed by atoms with van der Waals surface area (Å²) in [5, 5.41) is 5.64. The monoisotopic (exact) mass is 392 g/mol. The van der Waals surface area contributed by atoms with Gasteiger partial charge < -0.3 is 10.1 Å². The number of carbonyl (C=O) groups excluding carboxylic acids is 2. The summed E-state index contributed by atoms with van der Waals surface area (Å²) < 4.78 is 5.29. The van der Waals surface area contributed by atoms with Gasteiger partial charge in [0, 0.05) is 35.1 Å². The van der Waals surface area contributed by atoms with Crippen LogP contribution in [0.1, 0.15) is 17.5 Å². The molecule has 5 nitrogen and oxygen atoms in total. The maximum Gasteiger partial charge on any atom is 0.321 e. The third-order valence-corrected chi connectivity index (χ3v) is 4.77. The summed E-state index contributed by atoms with van der Waals surface area (Å²) in [6.07, 6.45) is 0.256. The van der Waals surface area contributed by atoms with E-state index in [-0.39, 0.29) is 12.3 Å². The molecule has 138 valence electrons. The minimum absolute atomic E-state index is 0.256. The fourth-order valence-electron chi connectivity index (χ4n) is 2.22. The van der Waals surface area contributed by atoms with Crippen molar-refractivity contribution in [3.8, 4) is 5.75 Å². The van der Waals surface area contributed by atoms with Gasteiger partial charge in [-0.3, -0.25) is 10.1 Å². The molecule has 3 amide bonds. The molecule has 7 heteroatoms. The second-order valence-corrected chi connectivity index (χ2v) is 7.02. The number of imide groups is 1. The van der Waals surface area contributed by atoms with E-state index in [4.69, 9.17) is 16.3 Å². The second kappa shape index (κ2) is 10.7. The molecule has 2 aromatic carbocycles. The lowest BCUT2D eigenvalue weighted by molar-refractivity contribution is -0.119. The van der Waals surface area contributed by atoms with Crippen LogP contribution >= 0.6 is 23.4 Å². The Kier molecular flexibility index (Phi) is 8.31. The molecule has 0 saturated heterocycles. The van der Waals surface area contributed by atoms with Crippen LogP contribution in [-0.4, -0.2) is 24.8 Å². The van der Waals surface area contributed by atoms with Gasteiger partial charge >= 0.3 is 6.03 Å². The number of hydrogen-bond acceptors (Lipinski definition) is 4. The van der Waals surface area contributed by atoms with Crippen LogP contribution in [0.15, 0.2) is 48.5 Å². The highest BCUT2D eigenvalue weighted by atomic mass is 35.5. The predicted octanol–water partition coefficient (Wildman–Crippen LogP) is 4.00. The summed E-state index contributed by atoms with van der Waals surface area (Å²) in [5.41, 5.74) is 1.95. The molecule has 26 heavy (non-hydrogen) atoms. The number of thioether (sulfide) groups is 1. The smallest absolute Gasteiger partial charge is 0.321 e. The van der Waals surface area contributed by atoms with Crippen molar-refractivity contribution in [3.63, 3.8) is 0 Å². The third-order valence-electron chi connectivity index (χ3n) is 3.52. The summed E-state index contributed by atoms with van der Waals surface area (Å²) in [4.78, 5) is 23.5. The van der Waals surface area contributed by atoms with Crippen LogP contribution < -0.4 is 15.4 Å². The number of amides is 3. The molecule has 0 atom stereocenters. The number of carbonyl (C=O) groups is 2. The van der Waals surface area contributed by atoms with E-state index in [1.54, 1.807) is 24.9 Å². The van der Waals surface area contributed by atoms with Crippen LogP contribution in [0.2, 0.25) is 5.02 Å². The summed E-state index contributed by atoms with van der Waals surface area (Å²) in [6.45, 7) is 0.378. The van der Waals surface area contributed by atoms with Crippen molar-refractivity contribution in [2.24, 2.45) is 0 Å². The van der Waals surface area contributed by atoms with E-state index in [0.29, 0.717) is 23.1 Å². The van der Waals surface area contributed by atoms with E-state index in [1.807, 2.05) is 42.5 Å². The van der Waals surface area contributed by atoms with Crippen LogP contribution in [-0.2, 0) is 17.1 Å². The fraction of sp³-hybridized carbons (Fsp3) is 0.263. The lowest BCUT2D eigenvalue weighted by atomic mass is 10.2. The van der Waals surface area contributed by atoms with Crippen molar-refractivity contribution in [2.45, 2.75) is 18.7 Å². The minimum atomic E-state index is -0.486. The molecule has 0 aliphatic heterocycles. The van der Waals surface area contributed by atoms with Gasteiger partial charge in [-0.1, -0.05) is 41.9 Å². The largest absolute Gasteiger partial charge is 0.496 e. The van der Waals surface area contributed by atoms with Crippen LogP contribution in [0.3, 0.4) is 0 Å². The molecule has 0 fully saturated rings. The van der Waals surface area contributed by atoms with Gasteiger partial charge in [0.2, 0.25) is 5.91 Å². The Hall–Kier alpha value is -2.18. The van der Waals surface area contributed by atoms with Crippen molar-refractivity contribution < 1.29 is 14.3 Å². The topological polar surface area (TPSA) is 67.4 Å². The average Bonchev–Trinajstić information content (AvgIpc) is 2.64. The molecular formula is C19H21ClN2O3S. The van der Waals surface area contributed by atoms with Crippen LogP contribution in [0.4, 0.5) is 4.79 Å². The normalized spacial score (nSPS) is 10.2. The molecule has 0 spiro atoms. The first-order valence-electron chi connectivity index (χ1n) is 8.10. The van der Waals surface area contributed by atoms with E-state index in [2.05, 4.69) is 10.6 Å². The first-order valence-corrected chi connectivity index (χ1v) is 9.63. The number of rotatable bonds is 8. The number of hydrogen-bond donors (Lipinski definition) is 2. The SMILES string of the molecule is COc1ccc(Cl)cc1CSCCC(=O)NC(=O)NCc1ccccc1. The lowest BCUT2D eigenvalue weighted by Crippen LogP contribution is -2.39. The molecule has 0 radical (unpaired) electrons. The van der Waals surface area contributed by atoms with Gasteiger partial charge in [0.05, 0.1) is 7.11 Å². The highest BCUT2D eigenvalue weighted by molar-refractivity contribution is 7.98. The van der Waals surface area contributed by atoms with Gasteiger partial charge in [0.15, 0.2) is 0 Å². The Morgan fingerprint density at radius 2 is 1.92 bits per heavy atom. The van der Waals surface area contributed by atoms with Gasteiger partial charge in [0.1, 0.15) is 5.75 Å². The molecule has 0 saturated carbocycles. The first kappa shape index (κ1) is 20.1. The van der Waals surface area contributed by atoms with Crippen LogP contribution in [0.5, 0.6) is 5.75 Å². The first-order chi connectivity index (χ1) is 12.6. The number of methoxy groups -OCH3 is 1. The van der Waals surface area contributed by atoms with E-state index in [9.17, 15) is 9.59 Å². The molecule has 0 bridgehead atoms. The molecular weight excluding hydrogens is 372 g/mol. The summed E-state index contributed by atoms with van der Waals surface area (Å²) >= 11 is 7.57. The molecule has 0 heterocycles. The molecule has 0 aromatic heterocycles. The Labute approximate surface area is 162 Å². The van der Waals surface area contributed by atoms with Gasteiger partial charge in [-0.25, -0.2) is 4.79 Å². The number of nitrogens with one attached hydrogen (secondary N) is 2. The zero-order valence-electron chi connectivity index (χ0n) is 14.5. The van der Waals surface area contributed by atoms with Crippen molar-refractivity contribution >= 4 is 35.3 Å². The zero-order chi connectivity index (χ0) is 18.8. The zero-order valence-corrected chi connectivity index (χ0v) is 16.0. The van der Waals surface area contributed by atoms with Crippen molar-refractivity contribution in [1.82, 2.24) is 10.6 Å². The maximum absolute atomic E-state index is 11.8. The predicted molar refractivity (Wildman–Crippen MR) is 106 cm³/mol. The third kappa shape index (κ3) is 6.98. The maximum atomic E-state index is 11.8. The van der Waals surface area contributed by atoms with Gasteiger partial charge in [-0.15, -0.1) is 0 Å². The Balaban J connectivity index is 1.66. The van der Waals surface area contributed by atoms with Crippen LogP contribution in [0.25, 0.3) is 0 Å².